The maximum atomic E-state index is 12.4. The summed E-state index contributed by atoms with van der Waals surface area (Å²) in [5.74, 6) is 0.00887. The van der Waals surface area contributed by atoms with E-state index >= 15 is 0 Å². The van der Waals surface area contributed by atoms with Gasteiger partial charge in [-0.1, -0.05) is 24.3 Å². The Morgan fingerprint density at radius 3 is 2.84 bits per heavy atom. The van der Waals surface area contributed by atoms with E-state index in [2.05, 4.69) is 25.6 Å². The van der Waals surface area contributed by atoms with Crippen molar-refractivity contribution in [2.45, 2.75) is 38.1 Å². The molecule has 2 saturated carbocycles. The third kappa shape index (κ3) is 2.91. The lowest BCUT2D eigenvalue weighted by atomic mass is 9.98. The van der Waals surface area contributed by atoms with Crippen molar-refractivity contribution in [1.29, 1.82) is 0 Å². The molecule has 0 saturated heterocycles. The average molecular weight is 443 g/mol. The number of aromatic nitrogens is 4. The second-order valence-electron chi connectivity index (χ2n) is 8.30. The number of carbonyl (C=O) groups is 1. The first-order valence-corrected chi connectivity index (χ1v) is 10.5. The van der Waals surface area contributed by atoms with Crippen LogP contribution in [0.15, 0.2) is 30.6 Å². The maximum absolute atomic E-state index is 12.4. The number of aryl methyl sites for hydroxylation is 1. The lowest BCUT2D eigenvalue weighted by Crippen LogP contribution is -2.41. The summed E-state index contributed by atoms with van der Waals surface area (Å²) in [6.07, 6.45) is -0.221. The van der Waals surface area contributed by atoms with E-state index in [0.717, 1.165) is 11.1 Å². The number of nitrogens with one attached hydrogen (secondary N) is 2. The molecule has 2 heterocycles. The molecule has 1 aromatic carbocycles. The molecular formula is C21H23ClN6O3. The van der Waals surface area contributed by atoms with Gasteiger partial charge in [-0.25, -0.2) is 4.98 Å². The van der Waals surface area contributed by atoms with Crippen LogP contribution in [0.25, 0.3) is 11.2 Å². The van der Waals surface area contributed by atoms with Gasteiger partial charge >= 0.3 is 0 Å². The van der Waals surface area contributed by atoms with Gasteiger partial charge in [0.1, 0.15) is 6.10 Å². The van der Waals surface area contributed by atoms with Crippen molar-refractivity contribution >= 4 is 34.5 Å². The summed E-state index contributed by atoms with van der Waals surface area (Å²) in [6, 6.07) is 7.49. The number of halogens is 1. The van der Waals surface area contributed by atoms with E-state index in [4.69, 9.17) is 11.6 Å². The van der Waals surface area contributed by atoms with Crippen LogP contribution in [0.5, 0.6) is 0 Å². The van der Waals surface area contributed by atoms with Gasteiger partial charge in [-0.05, 0) is 36.1 Å². The second-order valence-corrected chi connectivity index (χ2v) is 8.64. The summed E-state index contributed by atoms with van der Waals surface area (Å²) in [6.45, 7) is 2.57. The average Bonchev–Trinajstić information content (AvgIpc) is 3.30. The SMILES string of the molecule is CNC(=O)[C@]12C[C@@H]1[C@@H](n1cnc3c(NCc4ccccc4C)nc(Cl)nc31)[C@H](O)[C@@H]2O. The Morgan fingerprint density at radius 2 is 2.10 bits per heavy atom. The minimum atomic E-state index is -1.16. The summed E-state index contributed by atoms with van der Waals surface area (Å²) >= 11 is 6.21. The number of hydrogen-bond acceptors (Lipinski definition) is 7. The quantitative estimate of drug-likeness (QED) is 0.440. The number of aliphatic hydroxyl groups is 2. The lowest BCUT2D eigenvalue weighted by molar-refractivity contribution is -0.132. The number of nitrogens with zero attached hydrogens (tertiary/aromatic N) is 4. The molecule has 2 aliphatic carbocycles. The van der Waals surface area contributed by atoms with Crippen LogP contribution >= 0.6 is 11.6 Å². The van der Waals surface area contributed by atoms with E-state index in [1.54, 1.807) is 10.9 Å². The predicted molar refractivity (Wildman–Crippen MR) is 114 cm³/mol. The fourth-order valence-corrected chi connectivity index (χ4v) is 5.17. The smallest absolute Gasteiger partial charge is 0.229 e. The van der Waals surface area contributed by atoms with Gasteiger partial charge in [-0.15, -0.1) is 0 Å². The molecule has 31 heavy (non-hydrogen) atoms. The minimum absolute atomic E-state index is 0.0444. The summed E-state index contributed by atoms with van der Waals surface area (Å²) < 4.78 is 1.71. The predicted octanol–water partition coefficient (Wildman–Crippen LogP) is 1.43. The molecule has 0 aliphatic heterocycles. The standard InChI is InChI=1S/C21H23ClN6O3/c1-10-5-3-4-6-11(10)8-24-17-13-18(27-20(22)26-17)28(9-25-13)14-12-7-21(12,19(31)23-2)16(30)15(14)29/h3-6,9,12,14-16,29-30H,7-8H2,1-2H3,(H,23,31)(H,24,26,27)/t12-,14-,15+,16+,21-/m1/s1. The number of benzene rings is 1. The Hall–Kier alpha value is -2.75. The maximum Gasteiger partial charge on any atom is 0.229 e. The Morgan fingerprint density at radius 1 is 1.32 bits per heavy atom. The van der Waals surface area contributed by atoms with Crippen LogP contribution in [-0.4, -0.2) is 54.9 Å². The van der Waals surface area contributed by atoms with Gasteiger partial charge in [-0.3, -0.25) is 4.79 Å². The van der Waals surface area contributed by atoms with Crippen LogP contribution in [-0.2, 0) is 11.3 Å². The molecule has 1 amide bonds. The zero-order valence-corrected chi connectivity index (χ0v) is 17.8. The lowest BCUT2D eigenvalue weighted by Gasteiger charge is -2.23. The summed E-state index contributed by atoms with van der Waals surface area (Å²) in [5.41, 5.74) is 2.26. The van der Waals surface area contributed by atoms with Gasteiger partial charge in [0.15, 0.2) is 17.0 Å². The highest BCUT2D eigenvalue weighted by Gasteiger charge is 2.75. The van der Waals surface area contributed by atoms with Gasteiger partial charge in [0.25, 0.3) is 0 Å². The first kappa shape index (κ1) is 20.2. The normalized spacial score (nSPS) is 29.1. The monoisotopic (exact) mass is 442 g/mol. The molecule has 2 fully saturated rings. The molecule has 0 unspecified atom stereocenters. The first-order chi connectivity index (χ1) is 14.9. The molecule has 0 radical (unpaired) electrons. The van der Waals surface area contributed by atoms with Gasteiger partial charge in [0.2, 0.25) is 11.2 Å². The number of amides is 1. The van der Waals surface area contributed by atoms with E-state index in [1.165, 1.54) is 7.05 Å². The van der Waals surface area contributed by atoms with E-state index in [9.17, 15) is 15.0 Å². The van der Waals surface area contributed by atoms with Crippen molar-refractivity contribution in [3.63, 3.8) is 0 Å². The van der Waals surface area contributed by atoms with Crippen molar-refractivity contribution in [2.24, 2.45) is 11.3 Å². The van der Waals surface area contributed by atoms with E-state index in [1.807, 2.05) is 31.2 Å². The molecule has 3 aromatic rings. The fourth-order valence-electron chi connectivity index (χ4n) is 5.01. The van der Waals surface area contributed by atoms with Crippen LogP contribution in [0.1, 0.15) is 23.6 Å². The van der Waals surface area contributed by atoms with Crippen LogP contribution in [0.3, 0.4) is 0 Å². The van der Waals surface area contributed by atoms with E-state index < -0.39 is 23.7 Å². The molecule has 0 spiro atoms. The number of carbonyl (C=O) groups excluding carboxylic acids is 1. The highest BCUT2D eigenvalue weighted by Crippen LogP contribution is 2.67. The van der Waals surface area contributed by atoms with Gasteiger partial charge in [0, 0.05) is 19.5 Å². The number of anilines is 1. The molecule has 4 N–H and O–H groups in total. The zero-order chi connectivity index (χ0) is 21.9. The van der Waals surface area contributed by atoms with Crippen LogP contribution in [0.4, 0.5) is 5.82 Å². The molecule has 9 nitrogen and oxygen atoms in total. The number of imidazole rings is 1. The van der Waals surface area contributed by atoms with Crippen molar-refractivity contribution in [2.75, 3.05) is 12.4 Å². The highest BCUT2D eigenvalue weighted by atomic mass is 35.5. The van der Waals surface area contributed by atoms with Crippen molar-refractivity contribution in [1.82, 2.24) is 24.8 Å². The molecule has 2 aromatic heterocycles. The largest absolute Gasteiger partial charge is 0.389 e. The minimum Gasteiger partial charge on any atom is -0.389 e. The van der Waals surface area contributed by atoms with Gasteiger partial charge in [0.05, 0.1) is 23.9 Å². The Kier molecular flexibility index (Phi) is 4.65. The van der Waals surface area contributed by atoms with Crippen molar-refractivity contribution < 1.29 is 15.0 Å². The second kappa shape index (κ2) is 7.15. The first-order valence-electron chi connectivity index (χ1n) is 10.1. The highest BCUT2D eigenvalue weighted by molar-refractivity contribution is 6.28. The van der Waals surface area contributed by atoms with Gasteiger partial charge in [-0.2, -0.15) is 9.97 Å². The molecule has 0 bridgehead atoms. The zero-order valence-electron chi connectivity index (χ0n) is 17.1. The number of fused-ring (bicyclic) bond motifs is 2. The number of hydrogen-bond donors (Lipinski definition) is 4. The Balaban J connectivity index is 1.50. The molecular weight excluding hydrogens is 420 g/mol. The van der Waals surface area contributed by atoms with Crippen LogP contribution in [0.2, 0.25) is 5.28 Å². The topological polar surface area (TPSA) is 125 Å². The summed E-state index contributed by atoms with van der Waals surface area (Å²) in [5, 5.41) is 27.3. The van der Waals surface area contributed by atoms with Gasteiger partial charge < -0.3 is 25.4 Å². The number of aliphatic hydroxyl groups excluding tert-OH is 2. The molecule has 2 aliphatic rings. The van der Waals surface area contributed by atoms with E-state index in [-0.39, 0.29) is 17.1 Å². The summed E-state index contributed by atoms with van der Waals surface area (Å²) in [4.78, 5) is 25.5. The molecule has 5 rings (SSSR count). The van der Waals surface area contributed by atoms with E-state index in [0.29, 0.717) is 29.9 Å². The van der Waals surface area contributed by atoms with Crippen molar-refractivity contribution in [3.8, 4) is 0 Å². The summed E-state index contributed by atoms with van der Waals surface area (Å²) in [7, 11) is 1.53. The molecule has 162 valence electrons. The Labute approximate surface area is 183 Å². The number of rotatable bonds is 5. The van der Waals surface area contributed by atoms with Crippen molar-refractivity contribution in [3.05, 3.63) is 47.0 Å². The third-order valence-electron chi connectivity index (χ3n) is 6.75. The molecule has 10 heteroatoms. The Bertz CT molecular complexity index is 1180. The molecule has 5 atom stereocenters. The third-order valence-corrected chi connectivity index (χ3v) is 6.91. The van der Waals surface area contributed by atoms with Crippen LogP contribution in [0, 0.1) is 18.3 Å². The fraction of sp³-hybridized carbons (Fsp3) is 0.429. The van der Waals surface area contributed by atoms with Crippen LogP contribution < -0.4 is 10.6 Å².